The summed E-state index contributed by atoms with van der Waals surface area (Å²) in [4.78, 5) is 27.3. The molecule has 1 aromatic carbocycles. The number of amides is 2. The van der Waals surface area contributed by atoms with E-state index >= 15 is 0 Å². The summed E-state index contributed by atoms with van der Waals surface area (Å²) in [5.41, 5.74) is 2.80. The quantitative estimate of drug-likeness (QED) is 0.704. The van der Waals surface area contributed by atoms with Gasteiger partial charge in [0, 0.05) is 19.1 Å². The van der Waals surface area contributed by atoms with Gasteiger partial charge in [0.15, 0.2) is 0 Å². The Morgan fingerprint density at radius 1 is 1.03 bits per heavy atom. The Morgan fingerprint density at radius 3 is 2.34 bits per heavy atom. The maximum atomic E-state index is 13.2. The fourth-order valence-electron chi connectivity index (χ4n) is 8.50. The summed E-state index contributed by atoms with van der Waals surface area (Å²) in [5.74, 6) is 3.39. The third kappa shape index (κ3) is 3.34. The topological polar surface area (TPSA) is 58.6 Å². The zero-order valence-corrected chi connectivity index (χ0v) is 19.2. The zero-order chi connectivity index (χ0) is 21.9. The molecule has 6 aliphatic rings. The highest BCUT2D eigenvalue weighted by atomic mass is 16.5. The molecule has 32 heavy (non-hydrogen) atoms. The number of urea groups is 1. The van der Waals surface area contributed by atoms with Gasteiger partial charge in [-0.2, -0.15) is 0 Å². The largest absolute Gasteiger partial charge is 0.469 e. The minimum absolute atomic E-state index is 0.0919. The molecule has 4 saturated carbocycles. The molecule has 5 aliphatic carbocycles. The van der Waals surface area contributed by atoms with Crippen LogP contribution in [-0.4, -0.2) is 43.1 Å². The molecule has 4 bridgehead atoms. The SMILES string of the molecule is COC(=O)C[C@H]1CC2(CCN(C(=O)NC3C4CC5CC(C4)CC3C5)CC2)c2ccccc21. The number of fused-ring (bicyclic) bond motifs is 2. The fraction of sp³-hybridized carbons (Fsp3) is 0.704. The summed E-state index contributed by atoms with van der Waals surface area (Å²) in [6.07, 6.45) is 10.2. The van der Waals surface area contributed by atoms with E-state index in [-0.39, 0.29) is 23.3 Å². The Balaban J connectivity index is 1.12. The number of methoxy groups -OCH3 is 1. The number of ether oxygens (including phenoxy) is 1. The van der Waals surface area contributed by atoms with E-state index < -0.39 is 0 Å². The molecule has 5 fully saturated rings. The van der Waals surface area contributed by atoms with Crippen molar-refractivity contribution in [3.8, 4) is 0 Å². The molecule has 1 N–H and O–H groups in total. The van der Waals surface area contributed by atoms with Crippen LogP contribution in [0.1, 0.15) is 74.8 Å². The molecule has 7 rings (SSSR count). The van der Waals surface area contributed by atoms with Crippen molar-refractivity contribution in [3.05, 3.63) is 35.4 Å². The van der Waals surface area contributed by atoms with Crippen molar-refractivity contribution < 1.29 is 14.3 Å². The average molecular weight is 437 g/mol. The molecule has 0 unspecified atom stereocenters. The predicted octanol–water partition coefficient (Wildman–Crippen LogP) is 4.60. The van der Waals surface area contributed by atoms with Gasteiger partial charge in [0.2, 0.25) is 0 Å². The van der Waals surface area contributed by atoms with Crippen LogP contribution in [0.2, 0.25) is 0 Å². The molecule has 172 valence electrons. The molecule has 1 spiro atoms. The van der Waals surface area contributed by atoms with Crippen molar-refractivity contribution in [2.45, 2.75) is 75.2 Å². The summed E-state index contributed by atoms with van der Waals surface area (Å²) >= 11 is 0. The number of hydrogen-bond donors (Lipinski definition) is 1. The minimum Gasteiger partial charge on any atom is -0.469 e. The molecule has 1 heterocycles. The highest BCUT2D eigenvalue weighted by molar-refractivity contribution is 5.75. The van der Waals surface area contributed by atoms with E-state index in [0.29, 0.717) is 24.3 Å². The average Bonchev–Trinajstić information content (AvgIpc) is 3.09. The summed E-state index contributed by atoms with van der Waals surface area (Å²) in [6.45, 7) is 1.61. The van der Waals surface area contributed by atoms with Crippen LogP contribution in [0.25, 0.3) is 0 Å². The number of esters is 1. The van der Waals surface area contributed by atoms with E-state index in [0.717, 1.165) is 44.2 Å². The Bertz CT molecular complexity index is 876. The van der Waals surface area contributed by atoms with Gasteiger partial charge in [-0.25, -0.2) is 4.79 Å². The Hall–Kier alpha value is -2.04. The molecular weight excluding hydrogens is 400 g/mol. The maximum Gasteiger partial charge on any atom is 0.317 e. The number of hydrogen-bond acceptors (Lipinski definition) is 3. The molecular formula is C27H36N2O3. The molecule has 2 amide bonds. The number of rotatable bonds is 3. The fourth-order valence-corrected chi connectivity index (χ4v) is 8.50. The van der Waals surface area contributed by atoms with Gasteiger partial charge in [-0.05, 0) is 97.5 Å². The van der Waals surface area contributed by atoms with E-state index in [1.807, 2.05) is 0 Å². The van der Waals surface area contributed by atoms with E-state index in [1.54, 1.807) is 0 Å². The van der Waals surface area contributed by atoms with Crippen LogP contribution in [-0.2, 0) is 14.9 Å². The normalized spacial score (nSPS) is 36.2. The van der Waals surface area contributed by atoms with Crippen molar-refractivity contribution in [3.63, 3.8) is 0 Å². The lowest BCUT2D eigenvalue weighted by Crippen LogP contribution is -2.59. The predicted molar refractivity (Wildman–Crippen MR) is 122 cm³/mol. The van der Waals surface area contributed by atoms with Crippen molar-refractivity contribution in [1.82, 2.24) is 10.2 Å². The van der Waals surface area contributed by atoms with Gasteiger partial charge in [-0.1, -0.05) is 24.3 Å². The third-order valence-corrected chi connectivity index (χ3v) is 9.77. The van der Waals surface area contributed by atoms with Crippen molar-refractivity contribution in [1.29, 1.82) is 0 Å². The van der Waals surface area contributed by atoms with E-state index in [4.69, 9.17) is 4.74 Å². The first-order valence-electron chi connectivity index (χ1n) is 12.8. The molecule has 5 heteroatoms. The number of likely N-dealkylation sites (tertiary alicyclic amines) is 1. The molecule has 0 aromatic heterocycles. The first kappa shape index (κ1) is 20.6. The number of piperidine rings is 1. The molecule has 1 atom stereocenters. The monoisotopic (exact) mass is 436 g/mol. The number of benzene rings is 1. The summed E-state index contributed by atoms with van der Waals surface area (Å²) in [6, 6.07) is 9.19. The highest BCUT2D eigenvalue weighted by Crippen LogP contribution is 2.54. The lowest BCUT2D eigenvalue weighted by atomic mass is 9.54. The van der Waals surface area contributed by atoms with Crippen LogP contribution in [0.15, 0.2) is 24.3 Å². The van der Waals surface area contributed by atoms with Crippen LogP contribution in [0.3, 0.4) is 0 Å². The van der Waals surface area contributed by atoms with E-state index in [9.17, 15) is 9.59 Å². The molecule has 1 aliphatic heterocycles. The van der Waals surface area contributed by atoms with Crippen LogP contribution in [0.5, 0.6) is 0 Å². The van der Waals surface area contributed by atoms with Crippen LogP contribution in [0.4, 0.5) is 4.79 Å². The Labute approximate surface area is 191 Å². The Morgan fingerprint density at radius 2 is 1.69 bits per heavy atom. The van der Waals surface area contributed by atoms with Gasteiger partial charge >= 0.3 is 12.0 Å². The summed E-state index contributed by atoms with van der Waals surface area (Å²) in [5, 5.41) is 3.50. The Kier molecular flexibility index (Phi) is 5.00. The molecule has 1 aromatic rings. The van der Waals surface area contributed by atoms with Crippen molar-refractivity contribution >= 4 is 12.0 Å². The standard InChI is InChI=1S/C27H36N2O3/c1-32-24(30)15-21-16-27(23-5-3-2-4-22(21)23)6-8-29(9-7-27)26(31)28-25-19-11-17-10-18(13-19)14-20(25)12-17/h2-5,17-21,25H,6-16H2,1H3,(H,28,31)/t17?,18?,19?,20?,21-,25?/m0/s1. The molecule has 5 nitrogen and oxygen atoms in total. The number of nitrogens with zero attached hydrogens (tertiary/aromatic N) is 1. The summed E-state index contributed by atoms with van der Waals surface area (Å²) < 4.78 is 4.96. The lowest BCUT2D eigenvalue weighted by molar-refractivity contribution is -0.141. The van der Waals surface area contributed by atoms with Gasteiger partial charge in [0.05, 0.1) is 13.5 Å². The molecule has 0 radical (unpaired) electrons. The number of carbonyl (C=O) groups is 2. The second kappa shape index (κ2) is 7.78. The van der Waals surface area contributed by atoms with Crippen molar-refractivity contribution in [2.24, 2.45) is 23.7 Å². The van der Waals surface area contributed by atoms with Gasteiger partial charge in [0.1, 0.15) is 0 Å². The van der Waals surface area contributed by atoms with Gasteiger partial charge in [-0.15, -0.1) is 0 Å². The first-order valence-corrected chi connectivity index (χ1v) is 12.8. The van der Waals surface area contributed by atoms with Gasteiger partial charge in [-0.3, -0.25) is 4.79 Å². The zero-order valence-electron chi connectivity index (χ0n) is 19.2. The van der Waals surface area contributed by atoms with Crippen LogP contribution < -0.4 is 5.32 Å². The first-order chi connectivity index (χ1) is 15.5. The van der Waals surface area contributed by atoms with E-state index in [1.165, 1.54) is 50.3 Å². The minimum atomic E-state index is -0.130. The second-order valence-corrected chi connectivity index (χ2v) is 11.4. The van der Waals surface area contributed by atoms with Crippen molar-refractivity contribution in [2.75, 3.05) is 20.2 Å². The van der Waals surface area contributed by atoms with E-state index in [2.05, 4.69) is 34.5 Å². The van der Waals surface area contributed by atoms with Crippen LogP contribution >= 0.6 is 0 Å². The number of carbonyl (C=O) groups excluding carboxylic acids is 2. The maximum absolute atomic E-state index is 13.2. The van der Waals surface area contributed by atoms with Gasteiger partial charge in [0.25, 0.3) is 0 Å². The smallest absolute Gasteiger partial charge is 0.317 e. The van der Waals surface area contributed by atoms with Gasteiger partial charge < -0.3 is 15.0 Å². The summed E-state index contributed by atoms with van der Waals surface area (Å²) in [7, 11) is 1.47. The second-order valence-electron chi connectivity index (χ2n) is 11.4. The van der Waals surface area contributed by atoms with Crippen LogP contribution in [0, 0.1) is 23.7 Å². The lowest BCUT2D eigenvalue weighted by Gasteiger charge is -2.54. The number of nitrogens with one attached hydrogen (secondary N) is 1. The third-order valence-electron chi connectivity index (χ3n) is 9.77. The molecule has 1 saturated heterocycles. The highest BCUT2D eigenvalue weighted by Gasteiger charge is 2.50.